The SMILES string of the molecule is C[C-](F)C(F)F.OB(O)O.[F-].[Mg+2]. The number of halogens is 4. The molecule has 0 atom stereocenters. The maximum Gasteiger partial charge on any atom is 2.00 e. The molecule has 0 aliphatic heterocycles. The van der Waals surface area contributed by atoms with Crippen molar-refractivity contribution in [2.24, 2.45) is 0 Å². The molecule has 0 saturated carbocycles. The summed E-state index contributed by atoms with van der Waals surface area (Å²) in [6.07, 6.45) is -4.22. The van der Waals surface area contributed by atoms with Crippen LogP contribution >= 0.6 is 0 Å². The summed E-state index contributed by atoms with van der Waals surface area (Å²) >= 11 is 0. The van der Waals surface area contributed by atoms with E-state index in [1.807, 2.05) is 0 Å². The molecule has 70 valence electrons. The van der Waals surface area contributed by atoms with Gasteiger partial charge in [-0.05, 0) is 0 Å². The van der Waals surface area contributed by atoms with E-state index in [1.54, 1.807) is 0 Å². The first-order chi connectivity index (χ1) is 4.37. The Balaban J connectivity index is -0.0000000483. The van der Waals surface area contributed by atoms with Crippen LogP contribution in [0.5, 0.6) is 0 Å². The molecule has 0 aromatic carbocycles. The van der Waals surface area contributed by atoms with Gasteiger partial charge < -0.3 is 24.2 Å². The van der Waals surface area contributed by atoms with E-state index in [9.17, 15) is 13.2 Å². The molecule has 0 radical (unpaired) electrons. The van der Waals surface area contributed by atoms with Gasteiger partial charge in [-0.2, -0.15) is 6.92 Å². The molecule has 3 nitrogen and oxygen atoms in total. The Bertz CT molecular complexity index is 67.8. The molecule has 0 aromatic rings. The summed E-state index contributed by atoms with van der Waals surface area (Å²) in [5, 5.41) is 21.5. The van der Waals surface area contributed by atoms with Crippen LogP contribution in [0.1, 0.15) is 6.92 Å². The quantitative estimate of drug-likeness (QED) is 0.233. The molecule has 0 aliphatic rings. The molecule has 0 unspecified atom stereocenters. The number of hydrogen-bond acceptors (Lipinski definition) is 3. The van der Waals surface area contributed by atoms with Gasteiger partial charge in [0.2, 0.25) is 0 Å². The minimum absolute atomic E-state index is 0. The van der Waals surface area contributed by atoms with Crippen molar-refractivity contribution in [3.8, 4) is 0 Å². The third kappa shape index (κ3) is 47.3. The molecule has 0 fully saturated rings. The fourth-order valence-corrected chi connectivity index (χ4v) is 0. The molecule has 9 heteroatoms. The van der Waals surface area contributed by atoms with Crippen molar-refractivity contribution >= 4 is 30.4 Å². The number of rotatable bonds is 1. The van der Waals surface area contributed by atoms with Crippen molar-refractivity contribution in [1.29, 1.82) is 0 Å². The number of hydrogen-bond donors (Lipinski definition) is 3. The fraction of sp³-hybridized carbons (Fsp3) is 0.667. The van der Waals surface area contributed by atoms with E-state index in [1.165, 1.54) is 0 Å². The molecule has 0 amide bonds. The van der Waals surface area contributed by atoms with Gasteiger partial charge in [-0.25, -0.2) is 8.78 Å². The average molecular weight is 202 g/mol. The fourth-order valence-electron chi connectivity index (χ4n) is 0. The summed E-state index contributed by atoms with van der Waals surface area (Å²) in [6.45, 7) is 0.741. The standard InChI is InChI=1S/C3H4F3.BH3O3.FH.Mg/c1-2(4)3(5)6;2-1(3)4;;/h3H,1H3;2-4H;1H;/q-1;;;+2/p-1. The Morgan fingerprint density at radius 3 is 1.33 bits per heavy atom. The minimum Gasteiger partial charge on any atom is -1.00 e. The van der Waals surface area contributed by atoms with E-state index in [0.29, 0.717) is 0 Å². The summed E-state index contributed by atoms with van der Waals surface area (Å²) in [5.74, 6) is 0. The van der Waals surface area contributed by atoms with Crippen LogP contribution in [-0.2, 0) is 0 Å². The summed E-state index contributed by atoms with van der Waals surface area (Å²) < 4.78 is 32.5. The van der Waals surface area contributed by atoms with Crippen molar-refractivity contribution in [3.63, 3.8) is 0 Å². The van der Waals surface area contributed by atoms with Crippen molar-refractivity contribution in [2.75, 3.05) is 0 Å². The second kappa shape index (κ2) is 14.0. The van der Waals surface area contributed by atoms with Crippen molar-refractivity contribution in [1.82, 2.24) is 0 Å². The van der Waals surface area contributed by atoms with Gasteiger partial charge in [-0.15, -0.1) is 0 Å². The molecule has 0 spiro atoms. The summed E-state index contributed by atoms with van der Waals surface area (Å²) in [5.41, 5.74) is 0. The van der Waals surface area contributed by atoms with Gasteiger partial charge in [0, 0.05) is 0 Å². The first kappa shape index (κ1) is 22.9. The second-order valence-corrected chi connectivity index (χ2v) is 1.23. The van der Waals surface area contributed by atoms with Gasteiger partial charge in [0.05, 0.1) is 0 Å². The zero-order chi connectivity index (χ0) is 8.73. The monoisotopic (exact) mass is 202 g/mol. The van der Waals surface area contributed by atoms with E-state index in [-0.39, 0.29) is 27.8 Å². The summed E-state index contributed by atoms with van der Waals surface area (Å²) in [7, 11) is -2.17. The van der Waals surface area contributed by atoms with E-state index < -0.39 is 19.9 Å². The first-order valence-electron chi connectivity index (χ1n) is 2.19. The molecule has 0 rings (SSSR count). The van der Waals surface area contributed by atoms with E-state index >= 15 is 0 Å². The molecule has 0 bridgehead atoms. The molecule has 12 heavy (non-hydrogen) atoms. The summed E-state index contributed by atoms with van der Waals surface area (Å²) in [6, 6.07) is 0. The third-order valence-corrected chi connectivity index (χ3v) is 0.301. The van der Waals surface area contributed by atoms with E-state index in [0.717, 1.165) is 6.92 Å². The van der Waals surface area contributed by atoms with Crippen LogP contribution in [0.3, 0.4) is 0 Å². The van der Waals surface area contributed by atoms with Crippen LogP contribution in [0.25, 0.3) is 0 Å². The Kier molecular flexibility index (Phi) is 26.6. The smallest absolute Gasteiger partial charge is 1.00 e. The molecule has 0 heterocycles. The molecule has 0 saturated heterocycles. The van der Waals surface area contributed by atoms with Gasteiger partial charge in [0.25, 0.3) is 0 Å². The Hall–Kier alpha value is 0.431. The van der Waals surface area contributed by atoms with Crippen molar-refractivity contribution in [3.05, 3.63) is 6.17 Å². The van der Waals surface area contributed by atoms with Crippen molar-refractivity contribution < 1.29 is 32.9 Å². The normalized spacial score (nSPS) is 7.75. The zero-order valence-corrected chi connectivity index (χ0v) is 7.63. The van der Waals surface area contributed by atoms with Gasteiger partial charge in [0.15, 0.2) is 0 Å². The topological polar surface area (TPSA) is 60.7 Å². The van der Waals surface area contributed by atoms with Crippen LogP contribution in [0.2, 0.25) is 0 Å². The molecular weight excluding hydrogens is 195 g/mol. The maximum absolute atomic E-state index is 11.0. The predicted octanol–water partition coefficient (Wildman–Crippen LogP) is -3.66. The third-order valence-electron chi connectivity index (χ3n) is 0.301. The zero-order valence-electron chi connectivity index (χ0n) is 6.22. The molecule has 3 N–H and O–H groups in total. The Morgan fingerprint density at radius 2 is 1.33 bits per heavy atom. The predicted molar refractivity (Wildman–Crippen MR) is 34.2 cm³/mol. The molecule has 0 aliphatic carbocycles. The van der Waals surface area contributed by atoms with E-state index in [4.69, 9.17) is 15.1 Å². The van der Waals surface area contributed by atoms with Crippen LogP contribution in [-0.4, -0.2) is 51.9 Å². The van der Waals surface area contributed by atoms with E-state index in [2.05, 4.69) is 0 Å². The Labute approximate surface area is 83.3 Å². The summed E-state index contributed by atoms with van der Waals surface area (Å²) in [4.78, 5) is 0. The first-order valence-corrected chi connectivity index (χ1v) is 2.19. The Morgan fingerprint density at radius 1 is 1.25 bits per heavy atom. The van der Waals surface area contributed by atoms with Crippen LogP contribution in [0, 0.1) is 6.17 Å². The van der Waals surface area contributed by atoms with Crippen LogP contribution in [0.15, 0.2) is 0 Å². The molecule has 0 aromatic heterocycles. The second-order valence-electron chi connectivity index (χ2n) is 1.23. The van der Waals surface area contributed by atoms with Gasteiger partial charge in [-0.1, -0.05) is 6.17 Å². The van der Waals surface area contributed by atoms with Crippen LogP contribution in [0.4, 0.5) is 13.2 Å². The van der Waals surface area contributed by atoms with Crippen molar-refractivity contribution in [2.45, 2.75) is 13.3 Å². The average Bonchev–Trinajstić information content (AvgIpc) is 1.63. The number of alkyl halides is 2. The maximum atomic E-state index is 11.0. The van der Waals surface area contributed by atoms with Gasteiger partial charge in [0.1, 0.15) is 6.43 Å². The minimum atomic E-state index is -2.90. The van der Waals surface area contributed by atoms with Crippen LogP contribution < -0.4 is 4.70 Å². The van der Waals surface area contributed by atoms with Gasteiger partial charge >= 0.3 is 30.4 Å². The molecular formula is C3H7BF4MgO3. The largest absolute Gasteiger partial charge is 2.00 e. The van der Waals surface area contributed by atoms with Gasteiger partial charge in [-0.3, -0.25) is 0 Å².